The van der Waals surface area contributed by atoms with E-state index in [-0.39, 0.29) is 5.91 Å². The Morgan fingerprint density at radius 2 is 2.30 bits per heavy atom. The normalized spacial score (nSPS) is 15.6. The highest BCUT2D eigenvalue weighted by molar-refractivity contribution is 5.77. The number of carbonyl (C=O) groups excluding carboxylic acids is 1. The van der Waals surface area contributed by atoms with Crippen molar-refractivity contribution >= 4 is 5.91 Å². The highest BCUT2D eigenvalue weighted by Gasteiger charge is 2.05. The van der Waals surface area contributed by atoms with Crippen LogP contribution in [0.1, 0.15) is 19.8 Å². The van der Waals surface area contributed by atoms with Crippen LogP contribution in [0.4, 0.5) is 0 Å². The summed E-state index contributed by atoms with van der Waals surface area (Å²) in [5.74, 6) is 0.204. The highest BCUT2D eigenvalue weighted by atomic mass is 16.5. The molecule has 1 rings (SSSR count). The van der Waals surface area contributed by atoms with Crippen molar-refractivity contribution in [1.82, 2.24) is 5.32 Å². The SMILES string of the molecule is CCOC.O=C1CCCN1. The van der Waals surface area contributed by atoms with Gasteiger partial charge in [0.1, 0.15) is 0 Å². The van der Waals surface area contributed by atoms with E-state index >= 15 is 0 Å². The molecule has 1 aliphatic heterocycles. The van der Waals surface area contributed by atoms with Crippen LogP contribution in [0.15, 0.2) is 0 Å². The number of amides is 1. The number of methoxy groups -OCH3 is 1. The molecule has 0 saturated carbocycles. The zero-order valence-electron chi connectivity index (χ0n) is 6.64. The molecule has 1 heterocycles. The molecule has 3 nitrogen and oxygen atoms in total. The number of hydrogen-bond donors (Lipinski definition) is 1. The third-order valence-corrected chi connectivity index (χ3v) is 1.19. The standard InChI is InChI=1S/C4H7NO.C3H8O/c6-4-2-1-3-5-4;1-3-4-2/h1-3H2,(H,5,6);3H2,1-2H3. The van der Waals surface area contributed by atoms with Gasteiger partial charge in [0.05, 0.1) is 0 Å². The third kappa shape index (κ3) is 5.56. The molecule has 0 aromatic rings. The van der Waals surface area contributed by atoms with E-state index < -0.39 is 0 Å². The van der Waals surface area contributed by atoms with Crippen LogP contribution < -0.4 is 5.32 Å². The predicted octanol–water partition coefficient (Wildman–Crippen LogP) is 0.549. The Kier molecular flexibility index (Phi) is 6.18. The van der Waals surface area contributed by atoms with Gasteiger partial charge in [-0.2, -0.15) is 0 Å². The number of hydrogen-bond acceptors (Lipinski definition) is 2. The van der Waals surface area contributed by atoms with Gasteiger partial charge in [-0.1, -0.05) is 0 Å². The topological polar surface area (TPSA) is 38.3 Å². The van der Waals surface area contributed by atoms with Crippen molar-refractivity contribution in [2.45, 2.75) is 19.8 Å². The molecule has 1 amide bonds. The van der Waals surface area contributed by atoms with Gasteiger partial charge >= 0.3 is 0 Å². The molecule has 60 valence electrons. The third-order valence-electron chi connectivity index (χ3n) is 1.19. The first-order valence-corrected chi connectivity index (χ1v) is 3.57. The number of rotatable bonds is 1. The summed E-state index contributed by atoms with van der Waals surface area (Å²) in [5, 5.41) is 2.68. The Bertz CT molecular complexity index is 83.6. The van der Waals surface area contributed by atoms with Gasteiger partial charge in [-0.15, -0.1) is 0 Å². The van der Waals surface area contributed by atoms with Gasteiger partial charge in [0, 0.05) is 26.7 Å². The number of ether oxygens (including phenoxy) is 1. The smallest absolute Gasteiger partial charge is 0.220 e. The Hall–Kier alpha value is -0.570. The van der Waals surface area contributed by atoms with Crippen molar-refractivity contribution in [3.63, 3.8) is 0 Å². The zero-order valence-corrected chi connectivity index (χ0v) is 6.64. The Morgan fingerprint density at radius 1 is 1.70 bits per heavy atom. The van der Waals surface area contributed by atoms with Crippen molar-refractivity contribution in [3.05, 3.63) is 0 Å². The lowest BCUT2D eigenvalue weighted by Gasteiger charge is -1.80. The summed E-state index contributed by atoms with van der Waals surface area (Å²) in [6.45, 7) is 3.67. The molecule has 1 saturated heterocycles. The molecule has 0 radical (unpaired) electrons. The van der Waals surface area contributed by atoms with Crippen molar-refractivity contribution in [1.29, 1.82) is 0 Å². The maximum Gasteiger partial charge on any atom is 0.220 e. The maximum absolute atomic E-state index is 10.1. The Balaban J connectivity index is 0.000000180. The molecule has 0 aliphatic carbocycles. The Morgan fingerprint density at radius 3 is 2.40 bits per heavy atom. The molecule has 3 heteroatoms. The second-order valence-electron chi connectivity index (χ2n) is 2.03. The molecule has 0 spiro atoms. The quantitative estimate of drug-likeness (QED) is 0.585. The molecular weight excluding hydrogens is 130 g/mol. The van der Waals surface area contributed by atoms with E-state index in [0.29, 0.717) is 0 Å². The van der Waals surface area contributed by atoms with E-state index in [0.717, 1.165) is 26.0 Å². The number of carbonyl (C=O) groups is 1. The van der Waals surface area contributed by atoms with E-state index in [2.05, 4.69) is 10.1 Å². The molecule has 10 heavy (non-hydrogen) atoms. The van der Waals surface area contributed by atoms with Crippen LogP contribution in [0.25, 0.3) is 0 Å². The molecule has 0 bridgehead atoms. The average Bonchev–Trinajstić information content (AvgIpc) is 2.40. The van der Waals surface area contributed by atoms with Crippen LogP contribution in [0, 0.1) is 0 Å². The first-order valence-electron chi connectivity index (χ1n) is 3.57. The summed E-state index contributed by atoms with van der Waals surface area (Å²) in [7, 11) is 1.68. The fraction of sp³-hybridized carbons (Fsp3) is 0.857. The van der Waals surface area contributed by atoms with Gasteiger partial charge in [-0.25, -0.2) is 0 Å². The van der Waals surface area contributed by atoms with E-state index in [1.165, 1.54) is 0 Å². The molecule has 1 fully saturated rings. The van der Waals surface area contributed by atoms with Gasteiger partial charge in [0.15, 0.2) is 0 Å². The maximum atomic E-state index is 10.1. The van der Waals surface area contributed by atoms with E-state index in [1.54, 1.807) is 7.11 Å². The molecule has 0 atom stereocenters. The van der Waals surface area contributed by atoms with E-state index in [9.17, 15) is 4.79 Å². The van der Waals surface area contributed by atoms with Crippen molar-refractivity contribution in [3.8, 4) is 0 Å². The molecule has 0 aromatic carbocycles. The van der Waals surface area contributed by atoms with Gasteiger partial charge < -0.3 is 10.1 Å². The summed E-state index contributed by atoms with van der Waals surface area (Å²) in [6.07, 6.45) is 1.76. The highest BCUT2D eigenvalue weighted by Crippen LogP contribution is 1.93. The van der Waals surface area contributed by atoms with E-state index in [1.807, 2.05) is 6.92 Å². The lowest BCUT2D eigenvalue weighted by Crippen LogP contribution is -2.12. The van der Waals surface area contributed by atoms with Crippen LogP contribution in [0.5, 0.6) is 0 Å². The van der Waals surface area contributed by atoms with Crippen LogP contribution in [0.2, 0.25) is 0 Å². The zero-order chi connectivity index (χ0) is 7.82. The van der Waals surface area contributed by atoms with Crippen LogP contribution >= 0.6 is 0 Å². The van der Waals surface area contributed by atoms with Crippen LogP contribution in [-0.4, -0.2) is 26.2 Å². The average molecular weight is 145 g/mol. The summed E-state index contributed by atoms with van der Waals surface area (Å²) < 4.78 is 4.54. The largest absolute Gasteiger partial charge is 0.385 e. The lowest BCUT2D eigenvalue weighted by molar-refractivity contribution is -0.119. The first kappa shape index (κ1) is 9.43. The monoisotopic (exact) mass is 145 g/mol. The minimum absolute atomic E-state index is 0.204. The first-order chi connectivity index (χ1) is 4.81. The predicted molar refractivity (Wildman–Crippen MR) is 39.8 cm³/mol. The van der Waals surface area contributed by atoms with Gasteiger partial charge in [-0.3, -0.25) is 4.79 Å². The Labute approximate surface area is 61.8 Å². The lowest BCUT2D eigenvalue weighted by atomic mass is 10.4. The summed E-state index contributed by atoms with van der Waals surface area (Å²) in [4.78, 5) is 10.1. The second kappa shape index (κ2) is 6.55. The molecule has 1 N–H and O–H groups in total. The van der Waals surface area contributed by atoms with Crippen LogP contribution in [0.3, 0.4) is 0 Å². The minimum Gasteiger partial charge on any atom is -0.385 e. The summed E-state index contributed by atoms with van der Waals surface area (Å²) >= 11 is 0. The summed E-state index contributed by atoms with van der Waals surface area (Å²) in [5.41, 5.74) is 0. The molecule has 0 aromatic heterocycles. The van der Waals surface area contributed by atoms with Crippen molar-refractivity contribution < 1.29 is 9.53 Å². The van der Waals surface area contributed by atoms with Crippen LogP contribution in [-0.2, 0) is 9.53 Å². The van der Waals surface area contributed by atoms with Crippen molar-refractivity contribution in [2.24, 2.45) is 0 Å². The summed E-state index contributed by atoms with van der Waals surface area (Å²) in [6, 6.07) is 0. The van der Waals surface area contributed by atoms with Gasteiger partial charge in [-0.05, 0) is 13.3 Å². The minimum atomic E-state index is 0.204. The van der Waals surface area contributed by atoms with E-state index in [4.69, 9.17) is 0 Å². The second-order valence-corrected chi connectivity index (χ2v) is 2.03. The fourth-order valence-electron chi connectivity index (χ4n) is 0.565. The number of nitrogens with one attached hydrogen (secondary N) is 1. The fourth-order valence-corrected chi connectivity index (χ4v) is 0.565. The van der Waals surface area contributed by atoms with Crippen molar-refractivity contribution in [2.75, 3.05) is 20.3 Å². The molecular formula is C7H15NO2. The molecule has 1 aliphatic rings. The molecule has 0 unspecified atom stereocenters. The van der Waals surface area contributed by atoms with Gasteiger partial charge in [0.2, 0.25) is 5.91 Å². The van der Waals surface area contributed by atoms with Gasteiger partial charge in [0.25, 0.3) is 0 Å².